The molecular formula is C10H15N3OS. The Hall–Kier alpha value is -1.04. The molecule has 0 spiro atoms. The lowest BCUT2D eigenvalue weighted by atomic mass is 10.2. The molecule has 5 heteroatoms. The van der Waals surface area contributed by atoms with Crippen LogP contribution in [0.4, 0.5) is 0 Å². The van der Waals surface area contributed by atoms with E-state index >= 15 is 0 Å². The van der Waals surface area contributed by atoms with E-state index in [1.807, 2.05) is 24.1 Å². The van der Waals surface area contributed by atoms with Gasteiger partial charge in [-0.05, 0) is 24.7 Å². The molecular weight excluding hydrogens is 210 g/mol. The third-order valence-electron chi connectivity index (χ3n) is 2.01. The predicted octanol–water partition coefficient (Wildman–Crippen LogP) is 0.140. The molecule has 0 aliphatic heterocycles. The minimum atomic E-state index is 0.156. The van der Waals surface area contributed by atoms with Gasteiger partial charge >= 0.3 is 0 Å². The van der Waals surface area contributed by atoms with Crippen LogP contribution in [-0.2, 0) is 6.54 Å². The first-order valence-electron chi connectivity index (χ1n) is 4.67. The van der Waals surface area contributed by atoms with Gasteiger partial charge in [0.15, 0.2) is 0 Å². The van der Waals surface area contributed by atoms with Gasteiger partial charge in [0.05, 0.1) is 12.3 Å². The SMILES string of the molecule is CN(CCO)Cc1ccnc(C(N)=S)c1. The Balaban J connectivity index is 2.69. The first-order chi connectivity index (χ1) is 7.13. The van der Waals surface area contributed by atoms with E-state index in [4.69, 9.17) is 23.1 Å². The van der Waals surface area contributed by atoms with Gasteiger partial charge in [-0.3, -0.25) is 9.88 Å². The molecule has 1 aromatic rings. The Labute approximate surface area is 94.7 Å². The summed E-state index contributed by atoms with van der Waals surface area (Å²) in [6.45, 7) is 1.55. The molecule has 1 heterocycles. The van der Waals surface area contributed by atoms with Crippen molar-refractivity contribution >= 4 is 17.2 Å². The van der Waals surface area contributed by atoms with Crippen LogP contribution >= 0.6 is 12.2 Å². The minimum absolute atomic E-state index is 0.156. The summed E-state index contributed by atoms with van der Waals surface area (Å²) in [7, 11) is 1.94. The molecule has 0 bridgehead atoms. The molecule has 3 N–H and O–H groups in total. The molecule has 4 nitrogen and oxygen atoms in total. The number of aliphatic hydroxyl groups is 1. The van der Waals surface area contributed by atoms with Gasteiger partial charge in [-0.25, -0.2) is 0 Å². The standard InChI is InChI=1S/C10H15N3OS/c1-13(4-5-14)7-8-2-3-12-9(6-8)10(11)15/h2-3,6,14H,4-5,7H2,1H3,(H2,11,15). The van der Waals surface area contributed by atoms with Crippen molar-refractivity contribution in [2.45, 2.75) is 6.54 Å². The number of rotatable bonds is 5. The molecule has 0 aliphatic rings. The second-order valence-corrected chi connectivity index (χ2v) is 3.81. The molecule has 0 atom stereocenters. The molecule has 0 radical (unpaired) electrons. The number of hydrogen-bond donors (Lipinski definition) is 2. The van der Waals surface area contributed by atoms with Crippen LogP contribution in [0.25, 0.3) is 0 Å². The van der Waals surface area contributed by atoms with Gasteiger partial charge in [-0.2, -0.15) is 0 Å². The van der Waals surface area contributed by atoms with Crippen LogP contribution < -0.4 is 5.73 Å². The van der Waals surface area contributed by atoms with Gasteiger partial charge in [0.25, 0.3) is 0 Å². The minimum Gasteiger partial charge on any atom is -0.395 e. The Morgan fingerprint density at radius 3 is 3.00 bits per heavy atom. The van der Waals surface area contributed by atoms with Gasteiger partial charge in [-0.1, -0.05) is 12.2 Å². The Morgan fingerprint density at radius 2 is 2.40 bits per heavy atom. The van der Waals surface area contributed by atoms with Crippen molar-refractivity contribution < 1.29 is 5.11 Å². The van der Waals surface area contributed by atoms with E-state index in [-0.39, 0.29) is 6.61 Å². The number of likely N-dealkylation sites (N-methyl/N-ethyl adjacent to an activating group) is 1. The highest BCUT2D eigenvalue weighted by Crippen LogP contribution is 2.04. The number of thiocarbonyl (C=S) groups is 1. The van der Waals surface area contributed by atoms with Crippen LogP contribution in [0.3, 0.4) is 0 Å². The first kappa shape index (κ1) is 12.0. The largest absolute Gasteiger partial charge is 0.395 e. The lowest BCUT2D eigenvalue weighted by Crippen LogP contribution is -2.22. The normalized spacial score (nSPS) is 10.6. The van der Waals surface area contributed by atoms with Crippen molar-refractivity contribution in [3.63, 3.8) is 0 Å². The summed E-state index contributed by atoms with van der Waals surface area (Å²) >= 11 is 4.85. The van der Waals surface area contributed by atoms with E-state index in [0.29, 0.717) is 17.2 Å². The average molecular weight is 225 g/mol. The van der Waals surface area contributed by atoms with Crippen molar-refractivity contribution in [1.82, 2.24) is 9.88 Å². The zero-order valence-corrected chi connectivity index (χ0v) is 9.50. The fraction of sp³-hybridized carbons (Fsp3) is 0.400. The Bertz CT molecular complexity index is 343. The molecule has 0 aliphatic carbocycles. The van der Waals surface area contributed by atoms with E-state index in [0.717, 1.165) is 12.1 Å². The quantitative estimate of drug-likeness (QED) is 0.698. The molecule has 0 unspecified atom stereocenters. The number of pyridine rings is 1. The van der Waals surface area contributed by atoms with Crippen molar-refractivity contribution in [2.24, 2.45) is 5.73 Å². The topological polar surface area (TPSA) is 62.4 Å². The second kappa shape index (κ2) is 5.75. The number of aliphatic hydroxyl groups excluding tert-OH is 1. The summed E-state index contributed by atoms with van der Waals surface area (Å²) in [5.41, 5.74) is 7.21. The van der Waals surface area contributed by atoms with Crippen LogP contribution in [0.5, 0.6) is 0 Å². The van der Waals surface area contributed by atoms with E-state index in [9.17, 15) is 0 Å². The molecule has 0 fully saturated rings. The fourth-order valence-corrected chi connectivity index (χ4v) is 1.38. The summed E-state index contributed by atoms with van der Waals surface area (Å²) in [6.07, 6.45) is 1.69. The van der Waals surface area contributed by atoms with Gasteiger partial charge in [0.2, 0.25) is 0 Å². The van der Waals surface area contributed by atoms with Crippen LogP contribution in [0.2, 0.25) is 0 Å². The monoisotopic (exact) mass is 225 g/mol. The maximum atomic E-state index is 8.76. The van der Waals surface area contributed by atoms with Gasteiger partial charge in [0.1, 0.15) is 4.99 Å². The highest BCUT2D eigenvalue weighted by molar-refractivity contribution is 7.80. The van der Waals surface area contributed by atoms with Crippen molar-refractivity contribution in [1.29, 1.82) is 0 Å². The van der Waals surface area contributed by atoms with Crippen molar-refractivity contribution in [3.8, 4) is 0 Å². The number of nitrogens with zero attached hydrogens (tertiary/aromatic N) is 2. The van der Waals surface area contributed by atoms with Gasteiger partial charge < -0.3 is 10.8 Å². The summed E-state index contributed by atoms with van der Waals surface area (Å²) in [5, 5.41) is 8.76. The maximum absolute atomic E-state index is 8.76. The maximum Gasteiger partial charge on any atom is 0.122 e. The highest BCUT2D eigenvalue weighted by Gasteiger charge is 2.02. The summed E-state index contributed by atoms with van der Waals surface area (Å²) < 4.78 is 0. The fourth-order valence-electron chi connectivity index (χ4n) is 1.27. The Kier molecular flexibility index (Phi) is 4.61. The van der Waals surface area contributed by atoms with Crippen molar-refractivity contribution in [2.75, 3.05) is 20.2 Å². The molecule has 0 aromatic carbocycles. The molecule has 82 valence electrons. The average Bonchev–Trinajstić information content (AvgIpc) is 2.18. The van der Waals surface area contributed by atoms with Gasteiger partial charge in [-0.15, -0.1) is 0 Å². The highest BCUT2D eigenvalue weighted by atomic mass is 32.1. The lowest BCUT2D eigenvalue weighted by Gasteiger charge is -2.15. The van der Waals surface area contributed by atoms with E-state index in [1.165, 1.54) is 0 Å². The third-order valence-corrected chi connectivity index (χ3v) is 2.22. The van der Waals surface area contributed by atoms with Crippen LogP contribution in [0.1, 0.15) is 11.3 Å². The summed E-state index contributed by atoms with van der Waals surface area (Å²) in [5.74, 6) is 0. The van der Waals surface area contributed by atoms with Crippen LogP contribution in [0.15, 0.2) is 18.3 Å². The van der Waals surface area contributed by atoms with Crippen molar-refractivity contribution in [3.05, 3.63) is 29.6 Å². The van der Waals surface area contributed by atoms with Crippen LogP contribution in [0, 0.1) is 0 Å². The molecule has 0 saturated carbocycles. The molecule has 15 heavy (non-hydrogen) atoms. The second-order valence-electron chi connectivity index (χ2n) is 3.37. The predicted molar refractivity (Wildman–Crippen MR) is 63.5 cm³/mol. The molecule has 0 saturated heterocycles. The lowest BCUT2D eigenvalue weighted by molar-refractivity contribution is 0.217. The van der Waals surface area contributed by atoms with E-state index in [2.05, 4.69) is 4.98 Å². The Morgan fingerprint density at radius 1 is 1.67 bits per heavy atom. The number of nitrogens with two attached hydrogens (primary N) is 1. The number of hydrogen-bond acceptors (Lipinski definition) is 4. The molecule has 1 rings (SSSR count). The van der Waals surface area contributed by atoms with E-state index < -0.39 is 0 Å². The summed E-state index contributed by atoms with van der Waals surface area (Å²) in [6, 6.07) is 3.78. The van der Waals surface area contributed by atoms with Gasteiger partial charge in [0, 0.05) is 19.3 Å². The summed E-state index contributed by atoms with van der Waals surface area (Å²) in [4.78, 5) is 6.38. The first-order valence-corrected chi connectivity index (χ1v) is 5.08. The zero-order chi connectivity index (χ0) is 11.3. The van der Waals surface area contributed by atoms with Crippen LogP contribution in [-0.4, -0.2) is 40.2 Å². The third kappa shape index (κ3) is 3.91. The zero-order valence-electron chi connectivity index (χ0n) is 8.68. The van der Waals surface area contributed by atoms with E-state index in [1.54, 1.807) is 6.20 Å². The number of aromatic nitrogens is 1. The molecule has 0 amide bonds. The smallest absolute Gasteiger partial charge is 0.122 e. The molecule has 1 aromatic heterocycles.